The molecule has 2 fully saturated rings. The molecule has 0 unspecified atom stereocenters. The van der Waals surface area contributed by atoms with Crippen molar-refractivity contribution in [1.82, 2.24) is 20.1 Å². The van der Waals surface area contributed by atoms with Crippen LogP contribution in [0, 0.1) is 0 Å². The molecule has 1 saturated carbocycles. The molecule has 0 atom stereocenters. The lowest BCUT2D eigenvalue weighted by atomic mass is 9.96. The van der Waals surface area contributed by atoms with Gasteiger partial charge in [-0.1, -0.05) is 12.1 Å². The molecule has 2 aromatic heterocycles. The SMILES string of the molecule is O=C(c1ccc(-c2cccc(C(F)(F)F)c2)o1)N1CCC(c2nc(C3CC3)n[nH]2)CC1. The maximum atomic E-state index is 13.0. The molecule has 5 rings (SSSR count). The van der Waals surface area contributed by atoms with E-state index in [0.29, 0.717) is 19.0 Å². The normalized spacial score (nSPS) is 17.8. The van der Waals surface area contributed by atoms with Crippen LogP contribution in [0.25, 0.3) is 11.3 Å². The van der Waals surface area contributed by atoms with E-state index in [9.17, 15) is 18.0 Å². The van der Waals surface area contributed by atoms with Gasteiger partial charge < -0.3 is 9.32 Å². The number of rotatable bonds is 4. The van der Waals surface area contributed by atoms with Gasteiger partial charge in [0, 0.05) is 30.5 Å². The fourth-order valence-corrected chi connectivity index (χ4v) is 3.96. The molecule has 1 amide bonds. The Morgan fingerprint density at radius 3 is 2.55 bits per heavy atom. The average Bonchev–Trinajstić information content (AvgIpc) is 3.30. The second-order valence-corrected chi connectivity index (χ2v) is 8.16. The molecule has 1 saturated heterocycles. The maximum absolute atomic E-state index is 13.0. The van der Waals surface area contributed by atoms with Crippen LogP contribution in [-0.2, 0) is 6.18 Å². The highest BCUT2D eigenvalue weighted by molar-refractivity contribution is 5.92. The van der Waals surface area contributed by atoms with Crippen LogP contribution >= 0.6 is 0 Å². The van der Waals surface area contributed by atoms with Crippen LogP contribution < -0.4 is 0 Å². The van der Waals surface area contributed by atoms with E-state index in [-0.39, 0.29) is 28.9 Å². The van der Waals surface area contributed by atoms with Crippen LogP contribution in [0.15, 0.2) is 40.8 Å². The average molecular weight is 430 g/mol. The van der Waals surface area contributed by atoms with Crippen LogP contribution in [0.3, 0.4) is 0 Å². The van der Waals surface area contributed by atoms with E-state index in [0.717, 1.165) is 49.5 Å². The summed E-state index contributed by atoms with van der Waals surface area (Å²) in [5, 5.41) is 7.35. The number of hydrogen-bond acceptors (Lipinski definition) is 4. The molecule has 0 bridgehead atoms. The second kappa shape index (κ2) is 7.55. The molecule has 3 aromatic rings. The largest absolute Gasteiger partial charge is 0.451 e. The lowest BCUT2D eigenvalue weighted by Gasteiger charge is -2.30. The summed E-state index contributed by atoms with van der Waals surface area (Å²) >= 11 is 0. The molecule has 31 heavy (non-hydrogen) atoms. The molecule has 9 heteroatoms. The number of halogens is 3. The van der Waals surface area contributed by atoms with Crippen LogP contribution in [0.1, 0.15) is 65.3 Å². The summed E-state index contributed by atoms with van der Waals surface area (Å²) in [6, 6.07) is 7.93. The maximum Gasteiger partial charge on any atom is 0.416 e. The number of furan rings is 1. The minimum absolute atomic E-state index is 0.126. The number of nitrogens with zero attached hydrogens (tertiary/aromatic N) is 3. The topological polar surface area (TPSA) is 75.0 Å². The number of amides is 1. The van der Waals surface area contributed by atoms with Crippen LogP contribution in [0.4, 0.5) is 13.2 Å². The fraction of sp³-hybridized carbons (Fsp3) is 0.409. The summed E-state index contributed by atoms with van der Waals surface area (Å²) in [6.07, 6.45) is -0.598. The zero-order valence-electron chi connectivity index (χ0n) is 16.7. The molecule has 1 N–H and O–H groups in total. The Kier molecular flexibility index (Phi) is 4.83. The fourth-order valence-electron chi connectivity index (χ4n) is 3.96. The van der Waals surface area contributed by atoms with Crippen molar-refractivity contribution in [2.45, 2.75) is 43.7 Å². The van der Waals surface area contributed by atoms with Crippen molar-refractivity contribution in [1.29, 1.82) is 0 Å². The van der Waals surface area contributed by atoms with E-state index in [1.165, 1.54) is 24.3 Å². The van der Waals surface area contributed by atoms with Gasteiger partial charge in [0.05, 0.1) is 5.56 Å². The molecule has 0 spiro atoms. The lowest BCUT2D eigenvalue weighted by Crippen LogP contribution is -2.38. The quantitative estimate of drug-likeness (QED) is 0.633. The predicted octanol–water partition coefficient (Wildman–Crippen LogP) is 4.98. The monoisotopic (exact) mass is 430 g/mol. The second-order valence-electron chi connectivity index (χ2n) is 8.16. The van der Waals surface area contributed by atoms with Gasteiger partial charge in [0.15, 0.2) is 11.6 Å². The number of carbonyl (C=O) groups excluding carboxylic acids is 1. The zero-order valence-corrected chi connectivity index (χ0v) is 16.7. The number of likely N-dealkylation sites (tertiary alicyclic amines) is 1. The summed E-state index contributed by atoms with van der Waals surface area (Å²) < 4.78 is 44.5. The van der Waals surface area contributed by atoms with E-state index in [2.05, 4.69) is 15.2 Å². The lowest BCUT2D eigenvalue weighted by molar-refractivity contribution is -0.137. The number of benzene rings is 1. The molecular weight excluding hydrogens is 409 g/mol. The molecule has 162 valence electrons. The van der Waals surface area contributed by atoms with Gasteiger partial charge in [0.25, 0.3) is 5.91 Å². The van der Waals surface area contributed by atoms with Gasteiger partial charge in [0.2, 0.25) is 0 Å². The highest BCUT2D eigenvalue weighted by atomic mass is 19.4. The molecular formula is C22H21F3N4O2. The Hall–Kier alpha value is -3.10. The smallest absolute Gasteiger partial charge is 0.416 e. The molecule has 3 heterocycles. The number of alkyl halides is 3. The molecule has 1 aliphatic carbocycles. The highest BCUT2D eigenvalue weighted by Gasteiger charge is 2.32. The van der Waals surface area contributed by atoms with Gasteiger partial charge in [-0.05, 0) is 49.9 Å². The van der Waals surface area contributed by atoms with Crippen molar-refractivity contribution in [3.63, 3.8) is 0 Å². The van der Waals surface area contributed by atoms with Gasteiger partial charge >= 0.3 is 6.18 Å². The van der Waals surface area contributed by atoms with E-state index in [1.54, 1.807) is 4.90 Å². The number of nitrogens with one attached hydrogen (secondary N) is 1. The first kappa shape index (κ1) is 19.8. The minimum atomic E-state index is -4.44. The van der Waals surface area contributed by atoms with Gasteiger partial charge in [-0.25, -0.2) is 4.98 Å². The van der Waals surface area contributed by atoms with E-state index in [4.69, 9.17) is 4.42 Å². The Bertz CT molecular complexity index is 1090. The summed E-state index contributed by atoms with van der Waals surface area (Å²) in [6.45, 7) is 1.12. The Labute approximate surface area is 176 Å². The Balaban J connectivity index is 1.24. The molecule has 0 radical (unpaired) electrons. The van der Waals surface area contributed by atoms with Crippen molar-refractivity contribution >= 4 is 5.91 Å². The summed E-state index contributed by atoms with van der Waals surface area (Å²) in [5.41, 5.74) is -0.474. The van der Waals surface area contributed by atoms with Gasteiger partial charge in [-0.3, -0.25) is 9.89 Å². The van der Waals surface area contributed by atoms with Crippen LogP contribution in [0.5, 0.6) is 0 Å². The van der Waals surface area contributed by atoms with E-state index < -0.39 is 11.7 Å². The van der Waals surface area contributed by atoms with Crippen LogP contribution in [-0.4, -0.2) is 39.1 Å². The third-order valence-corrected chi connectivity index (χ3v) is 5.92. The van der Waals surface area contributed by atoms with Crippen LogP contribution in [0.2, 0.25) is 0 Å². The third kappa shape index (κ3) is 4.08. The van der Waals surface area contributed by atoms with E-state index in [1.807, 2.05) is 0 Å². The summed E-state index contributed by atoms with van der Waals surface area (Å²) in [4.78, 5) is 19.2. The van der Waals surface area contributed by atoms with Crippen molar-refractivity contribution in [3.8, 4) is 11.3 Å². The number of aromatic amines is 1. The minimum Gasteiger partial charge on any atom is -0.451 e. The standard InChI is InChI=1S/C22H21F3N4O2/c23-22(24,25)16-3-1-2-15(12-16)17-6-7-18(31-17)21(30)29-10-8-14(9-11-29)20-26-19(27-28-20)13-4-5-13/h1-3,6-7,12-14H,4-5,8-11H2,(H,26,27,28). The third-order valence-electron chi connectivity index (χ3n) is 5.92. The zero-order chi connectivity index (χ0) is 21.6. The number of piperidine rings is 1. The predicted molar refractivity (Wildman–Crippen MR) is 105 cm³/mol. The summed E-state index contributed by atoms with van der Waals surface area (Å²) in [7, 11) is 0. The van der Waals surface area contributed by atoms with Crippen molar-refractivity contribution in [2.24, 2.45) is 0 Å². The van der Waals surface area contributed by atoms with Crippen molar-refractivity contribution in [3.05, 3.63) is 59.4 Å². The Morgan fingerprint density at radius 2 is 1.84 bits per heavy atom. The number of H-pyrrole nitrogens is 1. The Morgan fingerprint density at radius 1 is 1.06 bits per heavy atom. The molecule has 6 nitrogen and oxygen atoms in total. The molecule has 1 aliphatic heterocycles. The van der Waals surface area contributed by atoms with Gasteiger partial charge in [-0.2, -0.15) is 18.3 Å². The first-order valence-corrected chi connectivity index (χ1v) is 10.4. The number of hydrogen-bond donors (Lipinski definition) is 1. The van der Waals surface area contributed by atoms with Gasteiger partial charge in [-0.15, -0.1) is 0 Å². The highest BCUT2D eigenvalue weighted by Crippen LogP contribution is 2.39. The first-order valence-electron chi connectivity index (χ1n) is 10.4. The van der Waals surface area contributed by atoms with Crippen molar-refractivity contribution in [2.75, 3.05) is 13.1 Å². The van der Waals surface area contributed by atoms with E-state index >= 15 is 0 Å². The summed E-state index contributed by atoms with van der Waals surface area (Å²) in [5.74, 6) is 2.62. The molecule has 2 aliphatic rings. The molecule has 1 aromatic carbocycles. The number of aromatic nitrogens is 3. The first-order chi connectivity index (χ1) is 14.9. The van der Waals surface area contributed by atoms with Gasteiger partial charge in [0.1, 0.15) is 11.6 Å². The number of carbonyl (C=O) groups is 1. The van der Waals surface area contributed by atoms with Crippen molar-refractivity contribution < 1.29 is 22.4 Å².